The number of carbonyl (C=O) groups excluding carboxylic acids is 1. The summed E-state index contributed by atoms with van der Waals surface area (Å²) in [5.41, 5.74) is 0.0167. The highest BCUT2D eigenvalue weighted by atomic mass is 16.6. The molecule has 7 nitrogen and oxygen atoms in total. The van der Waals surface area contributed by atoms with Gasteiger partial charge in [0.1, 0.15) is 0 Å². The van der Waals surface area contributed by atoms with E-state index in [0.29, 0.717) is 0 Å². The number of aliphatic hydroxyl groups is 2. The van der Waals surface area contributed by atoms with Gasteiger partial charge in [0.2, 0.25) is 0 Å². The molecule has 16 heavy (non-hydrogen) atoms. The number of anilines is 1. The first-order valence-corrected chi connectivity index (χ1v) is 4.39. The summed E-state index contributed by atoms with van der Waals surface area (Å²) in [6.45, 7) is -0.708. The van der Waals surface area contributed by atoms with E-state index in [4.69, 9.17) is 10.2 Å². The van der Waals surface area contributed by atoms with E-state index in [0.717, 1.165) is 6.07 Å². The molecular formula is C9H10N2O5. The van der Waals surface area contributed by atoms with Crippen LogP contribution >= 0.6 is 0 Å². The Balaban J connectivity index is 2.78. The standard InChI is InChI=1S/C9H10N2O5/c12-5-8(13)9(14)10-6-2-1-3-7(4-6)11(15)16/h1-4,8,12-13H,5H2,(H,10,14). The van der Waals surface area contributed by atoms with Gasteiger partial charge in [0.25, 0.3) is 11.6 Å². The third-order valence-corrected chi connectivity index (χ3v) is 1.80. The van der Waals surface area contributed by atoms with Gasteiger partial charge in [-0.2, -0.15) is 0 Å². The summed E-state index contributed by atoms with van der Waals surface area (Å²) in [6.07, 6.45) is -1.54. The number of hydrogen-bond acceptors (Lipinski definition) is 5. The molecule has 1 aromatic carbocycles. The molecule has 0 aliphatic heterocycles. The SMILES string of the molecule is O=C(Nc1cccc([N+](=O)[O-])c1)C(O)CO. The molecule has 86 valence electrons. The topological polar surface area (TPSA) is 113 Å². The number of nitro groups is 1. The molecule has 0 aromatic heterocycles. The number of amides is 1. The van der Waals surface area contributed by atoms with Crippen molar-refractivity contribution in [1.29, 1.82) is 0 Å². The van der Waals surface area contributed by atoms with E-state index in [1.165, 1.54) is 18.2 Å². The molecule has 0 saturated carbocycles. The second-order valence-corrected chi connectivity index (χ2v) is 3.00. The van der Waals surface area contributed by atoms with Crippen molar-refractivity contribution >= 4 is 17.3 Å². The molecule has 7 heteroatoms. The van der Waals surface area contributed by atoms with Crippen LogP contribution in [0.15, 0.2) is 24.3 Å². The fraction of sp³-hybridized carbons (Fsp3) is 0.222. The lowest BCUT2D eigenvalue weighted by Gasteiger charge is -2.08. The molecule has 0 aliphatic carbocycles. The van der Waals surface area contributed by atoms with Crippen molar-refractivity contribution in [3.63, 3.8) is 0 Å². The molecular weight excluding hydrogens is 216 g/mol. The first-order chi connectivity index (χ1) is 7.54. The van der Waals surface area contributed by atoms with Crippen LogP contribution in [-0.4, -0.2) is 33.8 Å². The maximum atomic E-state index is 11.1. The zero-order valence-electron chi connectivity index (χ0n) is 8.16. The van der Waals surface area contributed by atoms with Crippen molar-refractivity contribution in [2.75, 3.05) is 11.9 Å². The zero-order chi connectivity index (χ0) is 12.1. The molecule has 1 unspecified atom stereocenters. The second-order valence-electron chi connectivity index (χ2n) is 3.00. The molecule has 1 aromatic rings. The lowest BCUT2D eigenvalue weighted by molar-refractivity contribution is -0.384. The number of rotatable bonds is 4. The number of nitro benzene ring substituents is 1. The average Bonchev–Trinajstić information content (AvgIpc) is 2.28. The van der Waals surface area contributed by atoms with E-state index >= 15 is 0 Å². The monoisotopic (exact) mass is 226 g/mol. The van der Waals surface area contributed by atoms with Crippen LogP contribution in [-0.2, 0) is 4.79 Å². The molecule has 0 aliphatic rings. The van der Waals surface area contributed by atoms with E-state index in [-0.39, 0.29) is 11.4 Å². The maximum Gasteiger partial charge on any atom is 0.271 e. The smallest absolute Gasteiger partial charge is 0.271 e. The van der Waals surface area contributed by atoms with E-state index < -0.39 is 23.5 Å². The van der Waals surface area contributed by atoms with Crippen molar-refractivity contribution in [2.45, 2.75) is 6.10 Å². The number of nitrogens with one attached hydrogen (secondary N) is 1. The van der Waals surface area contributed by atoms with Gasteiger partial charge >= 0.3 is 0 Å². The fourth-order valence-corrected chi connectivity index (χ4v) is 1.01. The molecule has 1 rings (SSSR count). The number of non-ortho nitro benzene ring substituents is 1. The van der Waals surface area contributed by atoms with Crippen LogP contribution in [0.1, 0.15) is 0 Å². The molecule has 0 heterocycles. The number of benzene rings is 1. The van der Waals surface area contributed by atoms with Crippen LogP contribution in [0.3, 0.4) is 0 Å². The average molecular weight is 226 g/mol. The number of hydrogen-bond donors (Lipinski definition) is 3. The van der Waals surface area contributed by atoms with Crippen LogP contribution in [0.4, 0.5) is 11.4 Å². The van der Waals surface area contributed by atoms with Gasteiger partial charge in [0.05, 0.1) is 11.5 Å². The minimum absolute atomic E-state index is 0.170. The Morgan fingerprint density at radius 1 is 1.56 bits per heavy atom. The Bertz CT molecular complexity index is 407. The summed E-state index contributed by atoms with van der Waals surface area (Å²) in [6, 6.07) is 5.27. The maximum absolute atomic E-state index is 11.1. The van der Waals surface area contributed by atoms with Gasteiger partial charge in [-0.1, -0.05) is 6.07 Å². The predicted molar refractivity (Wildman–Crippen MR) is 54.8 cm³/mol. The summed E-state index contributed by atoms with van der Waals surface area (Å²) < 4.78 is 0. The number of aliphatic hydroxyl groups excluding tert-OH is 2. The second kappa shape index (κ2) is 5.19. The fourth-order valence-electron chi connectivity index (χ4n) is 1.01. The van der Waals surface area contributed by atoms with E-state index in [1.54, 1.807) is 0 Å². The van der Waals surface area contributed by atoms with Crippen molar-refractivity contribution < 1.29 is 19.9 Å². The van der Waals surface area contributed by atoms with E-state index in [2.05, 4.69) is 5.32 Å². The van der Waals surface area contributed by atoms with Crippen LogP contribution in [0.5, 0.6) is 0 Å². The summed E-state index contributed by atoms with van der Waals surface area (Å²) >= 11 is 0. The number of nitrogens with zero attached hydrogens (tertiary/aromatic N) is 1. The third kappa shape index (κ3) is 3.01. The lowest BCUT2D eigenvalue weighted by Crippen LogP contribution is -2.30. The largest absolute Gasteiger partial charge is 0.393 e. The van der Waals surface area contributed by atoms with Crippen LogP contribution < -0.4 is 5.32 Å². The molecule has 1 amide bonds. The highest BCUT2D eigenvalue weighted by Crippen LogP contribution is 2.16. The molecule has 0 saturated heterocycles. The quantitative estimate of drug-likeness (QED) is 0.489. The molecule has 0 bridgehead atoms. The Kier molecular flexibility index (Phi) is 3.92. The normalized spacial score (nSPS) is 11.9. The Morgan fingerprint density at radius 3 is 2.81 bits per heavy atom. The Hall–Kier alpha value is -1.99. The van der Waals surface area contributed by atoms with Gasteiger partial charge in [-0.3, -0.25) is 14.9 Å². The van der Waals surface area contributed by atoms with Gasteiger partial charge in [0.15, 0.2) is 6.10 Å². The first-order valence-electron chi connectivity index (χ1n) is 4.39. The Labute approximate surface area is 90.5 Å². The minimum Gasteiger partial charge on any atom is -0.393 e. The minimum atomic E-state index is -1.54. The van der Waals surface area contributed by atoms with E-state index in [1.807, 2.05) is 0 Å². The van der Waals surface area contributed by atoms with Gasteiger partial charge in [-0.15, -0.1) is 0 Å². The van der Waals surface area contributed by atoms with Crippen molar-refractivity contribution in [3.05, 3.63) is 34.4 Å². The van der Waals surface area contributed by atoms with Gasteiger partial charge in [-0.25, -0.2) is 0 Å². The van der Waals surface area contributed by atoms with Crippen molar-refractivity contribution in [3.8, 4) is 0 Å². The molecule has 0 fully saturated rings. The summed E-state index contributed by atoms with van der Waals surface area (Å²) in [5, 5.41) is 30.1. The van der Waals surface area contributed by atoms with Crippen LogP contribution in [0.2, 0.25) is 0 Å². The van der Waals surface area contributed by atoms with Gasteiger partial charge in [-0.05, 0) is 6.07 Å². The van der Waals surface area contributed by atoms with Crippen LogP contribution in [0, 0.1) is 10.1 Å². The summed E-state index contributed by atoms with van der Waals surface area (Å²) in [4.78, 5) is 21.0. The van der Waals surface area contributed by atoms with Crippen LogP contribution in [0.25, 0.3) is 0 Å². The molecule has 1 atom stereocenters. The highest BCUT2D eigenvalue weighted by Gasteiger charge is 2.14. The molecule has 3 N–H and O–H groups in total. The first kappa shape index (κ1) is 12.1. The lowest BCUT2D eigenvalue weighted by atomic mass is 10.2. The van der Waals surface area contributed by atoms with Gasteiger partial charge in [0, 0.05) is 17.8 Å². The molecule has 0 spiro atoms. The summed E-state index contributed by atoms with van der Waals surface area (Å²) in [5.74, 6) is -0.817. The zero-order valence-corrected chi connectivity index (χ0v) is 8.16. The number of carbonyl (C=O) groups is 1. The molecule has 0 radical (unpaired) electrons. The van der Waals surface area contributed by atoms with Crippen molar-refractivity contribution in [2.24, 2.45) is 0 Å². The Morgan fingerprint density at radius 2 is 2.25 bits per heavy atom. The predicted octanol–water partition coefficient (Wildman–Crippen LogP) is -0.113. The highest BCUT2D eigenvalue weighted by molar-refractivity contribution is 5.94. The van der Waals surface area contributed by atoms with Gasteiger partial charge < -0.3 is 15.5 Å². The third-order valence-electron chi connectivity index (χ3n) is 1.80. The van der Waals surface area contributed by atoms with E-state index in [9.17, 15) is 14.9 Å². The summed E-state index contributed by atoms with van der Waals surface area (Å²) in [7, 11) is 0. The van der Waals surface area contributed by atoms with Crippen molar-refractivity contribution in [1.82, 2.24) is 0 Å².